The van der Waals surface area contributed by atoms with E-state index in [1.54, 1.807) is 6.07 Å². The molecule has 0 spiro atoms. The van der Waals surface area contributed by atoms with Gasteiger partial charge in [0.15, 0.2) is 0 Å². The van der Waals surface area contributed by atoms with Crippen molar-refractivity contribution >= 4 is 0 Å². The minimum Gasteiger partial charge on any atom is -0.251 e. The number of benzene rings is 2. The van der Waals surface area contributed by atoms with Gasteiger partial charge in [0.25, 0.3) is 0 Å². The summed E-state index contributed by atoms with van der Waals surface area (Å²) in [7, 11) is 0. The molecular formula is C31H42F2. The summed E-state index contributed by atoms with van der Waals surface area (Å²) >= 11 is 0. The van der Waals surface area contributed by atoms with Gasteiger partial charge in [0.1, 0.15) is 5.82 Å². The van der Waals surface area contributed by atoms with Crippen LogP contribution in [0.3, 0.4) is 0 Å². The molecule has 0 aliphatic heterocycles. The van der Waals surface area contributed by atoms with Gasteiger partial charge in [0.05, 0.1) is 6.67 Å². The molecule has 0 unspecified atom stereocenters. The third-order valence-corrected chi connectivity index (χ3v) is 8.56. The van der Waals surface area contributed by atoms with Crippen LogP contribution in [-0.2, 0) is 0 Å². The molecule has 2 saturated carbocycles. The first-order valence-corrected chi connectivity index (χ1v) is 13.6. The zero-order valence-electron chi connectivity index (χ0n) is 20.5. The van der Waals surface area contributed by atoms with Crippen molar-refractivity contribution in [3.63, 3.8) is 0 Å². The first kappa shape index (κ1) is 24.4. The van der Waals surface area contributed by atoms with Gasteiger partial charge < -0.3 is 0 Å². The quantitative estimate of drug-likeness (QED) is 0.355. The lowest BCUT2D eigenvalue weighted by Gasteiger charge is -2.29. The van der Waals surface area contributed by atoms with Crippen LogP contribution in [0.4, 0.5) is 8.78 Å². The molecule has 0 atom stereocenters. The summed E-state index contributed by atoms with van der Waals surface area (Å²) in [6.07, 6.45) is 15.6. The van der Waals surface area contributed by atoms with E-state index in [0.29, 0.717) is 29.7 Å². The molecule has 180 valence electrons. The molecule has 2 aromatic carbocycles. The monoisotopic (exact) mass is 452 g/mol. The number of unbranched alkanes of at least 4 members (excludes halogenated alkanes) is 1. The minimum atomic E-state index is -0.201. The molecule has 4 rings (SSSR count). The van der Waals surface area contributed by atoms with E-state index < -0.39 is 0 Å². The van der Waals surface area contributed by atoms with Crippen LogP contribution in [0.1, 0.15) is 113 Å². The number of hydrogen-bond acceptors (Lipinski definition) is 0. The van der Waals surface area contributed by atoms with E-state index in [2.05, 4.69) is 37.3 Å². The Kier molecular flexibility index (Phi) is 8.98. The van der Waals surface area contributed by atoms with Crippen molar-refractivity contribution in [2.24, 2.45) is 11.8 Å². The van der Waals surface area contributed by atoms with E-state index >= 15 is 4.39 Å². The maximum atomic E-state index is 15.1. The van der Waals surface area contributed by atoms with Gasteiger partial charge in [0.2, 0.25) is 0 Å². The molecule has 0 amide bonds. The van der Waals surface area contributed by atoms with Crippen molar-refractivity contribution in [1.29, 1.82) is 0 Å². The normalized spacial score (nSPS) is 25.8. The molecule has 0 bridgehead atoms. The molecule has 2 aliphatic rings. The fourth-order valence-corrected chi connectivity index (χ4v) is 6.38. The lowest BCUT2D eigenvalue weighted by molar-refractivity contribution is 0.293. The van der Waals surface area contributed by atoms with Gasteiger partial charge in [-0.3, -0.25) is 4.39 Å². The Bertz CT molecular complexity index is 840. The fraction of sp³-hybridized carbons (Fsp3) is 0.613. The summed E-state index contributed by atoms with van der Waals surface area (Å²) in [4.78, 5) is 0. The average molecular weight is 453 g/mol. The van der Waals surface area contributed by atoms with Crippen molar-refractivity contribution in [3.8, 4) is 11.1 Å². The largest absolute Gasteiger partial charge is 0.251 e. The van der Waals surface area contributed by atoms with Crippen LogP contribution >= 0.6 is 0 Å². The second kappa shape index (κ2) is 12.1. The SMILES string of the molecule is CCCCC1CCC(c2ccc(-c3ccc(C4CCC(CCCF)CC4)cc3F)cc2)CC1. The highest BCUT2D eigenvalue weighted by molar-refractivity contribution is 5.65. The van der Waals surface area contributed by atoms with E-state index in [1.165, 1.54) is 50.5 Å². The summed E-state index contributed by atoms with van der Waals surface area (Å²) in [5.74, 6) is 2.61. The highest BCUT2D eigenvalue weighted by Gasteiger charge is 2.24. The Labute approximate surface area is 200 Å². The Morgan fingerprint density at radius 2 is 1.24 bits per heavy atom. The maximum Gasteiger partial charge on any atom is 0.131 e. The zero-order valence-corrected chi connectivity index (χ0v) is 20.5. The number of hydrogen-bond donors (Lipinski definition) is 0. The molecule has 2 aliphatic carbocycles. The first-order valence-electron chi connectivity index (χ1n) is 13.6. The van der Waals surface area contributed by atoms with Gasteiger partial charge in [0, 0.05) is 5.56 Å². The van der Waals surface area contributed by atoms with Crippen LogP contribution in [0.5, 0.6) is 0 Å². The second-order valence-corrected chi connectivity index (χ2v) is 10.8. The number of halogens is 2. The standard InChI is InChI=1S/C31H42F2/c1-2-3-5-23-7-11-25(12-8-23)26-15-17-28(18-16-26)30-20-19-29(22-31(30)33)27-13-9-24(10-14-27)6-4-21-32/h15-20,22-25,27H,2-14,21H2,1H3. The summed E-state index contributed by atoms with van der Waals surface area (Å²) in [5.41, 5.74) is 4.26. The Hall–Kier alpha value is -1.70. The Balaban J connectivity index is 1.34. The van der Waals surface area contributed by atoms with Crippen molar-refractivity contribution in [3.05, 3.63) is 59.4 Å². The summed E-state index contributed by atoms with van der Waals surface area (Å²) in [6.45, 7) is 2.08. The molecule has 2 heteroatoms. The van der Waals surface area contributed by atoms with E-state index in [9.17, 15) is 4.39 Å². The first-order chi connectivity index (χ1) is 16.2. The number of rotatable bonds is 9. The molecule has 33 heavy (non-hydrogen) atoms. The van der Waals surface area contributed by atoms with E-state index in [4.69, 9.17) is 0 Å². The third kappa shape index (κ3) is 6.46. The van der Waals surface area contributed by atoms with Crippen molar-refractivity contribution < 1.29 is 8.78 Å². The van der Waals surface area contributed by atoms with Crippen LogP contribution in [0.25, 0.3) is 11.1 Å². The van der Waals surface area contributed by atoms with E-state index in [-0.39, 0.29) is 12.5 Å². The Morgan fingerprint density at radius 1 is 0.697 bits per heavy atom. The van der Waals surface area contributed by atoms with Gasteiger partial charge in [-0.25, -0.2) is 4.39 Å². The average Bonchev–Trinajstić information content (AvgIpc) is 2.87. The van der Waals surface area contributed by atoms with E-state index in [0.717, 1.165) is 49.1 Å². The van der Waals surface area contributed by atoms with Crippen LogP contribution in [0.2, 0.25) is 0 Å². The van der Waals surface area contributed by atoms with Gasteiger partial charge in [-0.05, 0) is 111 Å². The van der Waals surface area contributed by atoms with Crippen LogP contribution in [-0.4, -0.2) is 6.67 Å². The van der Waals surface area contributed by atoms with Gasteiger partial charge in [-0.2, -0.15) is 0 Å². The highest BCUT2D eigenvalue weighted by Crippen LogP contribution is 2.40. The zero-order chi connectivity index (χ0) is 23.0. The molecule has 0 heterocycles. The fourth-order valence-electron chi connectivity index (χ4n) is 6.38. The second-order valence-electron chi connectivity index (χ2n) is 10.8. The summed E-state index contributed by atoms with van der Waals surface area (Å²) < 4.78 is 27.5. The predicted octanol–water partition coefficient (Wildman–Crippen LogP) is 9.98. The number of alkyl halides is 1. The molecule has 0 radical (unpaired) electrons. The molecule has 0 N–H and O–H groups in total. The van der Waals surface area contributed by atoms with Crippen molar-refractivity contribution in [1.82, 2.24) is 0 Å². The lowest BCUT2D eigenvalue weighted by atomic mass is 9.76. The van der Waals surface area contributed by atoms with Gasteiger partial charge >= 0.3 is 0 Å². The maximum absolute atomic E-state index is 15.1. The third-order valence-electron chi connectivity index (χ3n) is 8.56. The molecule has 0 saturated heterocycles. The smallest absolute Gasteiger partial charge is 0.131 e. The predicted molar refractivity (Wildman–Crippen MR) is 136 cm³/mol. The van der Waals surface area contributed by atoms with Crippen LogP contribution in [0.15, 0.2) is 42.5 Å². The van der Waals surface area contributed by atoms with E-state index in [1.807, 2.05) is 6.07 Å². The molecule has 2 aromatic rings. The van der Waals surface area contributed by atoms with Gasteiger partial charge in [-0.15, -0.1) is 0 Å². The minimum absolute atomic E-state index is 0.101. The van der Waals surface area contributed by atoms with Crippen molar-refractivity contribution in [2.75, 3.05) is 6.67 Å². The lowest BCUT2D eigenvalue weighted by Crippen LogP contribution is -2.14. The highest BCUT2D eigenvalue weighted by atomic mass is 19.1. The topological polar surface area (TPSA) is 0 Å². The summed E-state index contributed by atoms with van der Waals surface area (Å²) in [5, 5.41) is 0. The molecule has 0 aromatic heterocycles. The molecule has 2 fully saturated rings. The summed E-state index contributed by atoms with van der Waals surface area (Å²) in [6, 6.07) is 14.6. The Morgan fingerprint density at radius 3 is 1.79 bits per heavy atom. The van der Waals surface area contributed by atoms with Crippen LogP contribution in [0, 0.1) is 17.7 Å². The van der Waals surface area contributed by atoms with Gasteiger partial charge in [-0.1, -0.05) is 62.6 Å². The van der Waals surface area contributed by atoms with Crippen LogP contribution < -0.4 is 0 Å². The molecule has 0 nitrogen and oxygen atoms in total. The molecular weight excluding hydrogens is 410 g/mol. The van der Waals surface area contributed by atoms with Crippen molar-refractivity contribution in [2.45, 2.75) is 102 Å².